The highest BCUT2D eigenvalue weighted by molar-refractivity contribution is 7.91. The van der Waals surface area contributed by atoms with Crippen molar-refractivity contribution in [1.82, 2.24) is 4.98 Å². The van der Waals surface area contributed by atoms with Gasteiger partial charge in [-0.25, -0.2) is 21.8 Å². The predicted octanol–water partition coefficient (Wildman–Crippen LogP) is 3.38. The molecule has 2 aromatic heterocycles. The van der Waals surface area contributed by atoms with E-state index in [2.05, 4.69) is 10.3 Å². The van der Waals surface area contributed by atoms with E-state index in [1.807, 2.05) is 0 Å². The average molecular weight is 463 g/mol. The number of nitrogens with zero attached hydrogens (tertiary/aromatic N) is 1. The van der Waals surface area contributed by atoms with Gasteiger partial charge in [0, 0.05) is 6.26 Å². The quantitative estimate of drug-likeness (QED) is 0.482. The maximum atomic E-state index is 12.9. The van der Waals surface area contributed by atoms with Gasteiger partial charge >= 0.3 is 0 Å². The van der Waals surface area contributed by atoms with Crippen LogP contribution in [-0.2, 0) is 19.7 Å². The Hall–Kier alpha value is -3.02. The molecule has 0 aliphatic heterocycles. The van der Waals surface area contributed by atoms with Gasteiger partial charge in [-0.3, -0.25) is 10.1 Å². The number of benzene rings is 2. The summed E-state index contributed by atoms with van der Waals surface area (Å²) in [5.74, 6) is -0.326. The van der Waals surface area contributed by atoms with E-state index in [1.54, 1.807) is 12.1 Å². The van der Waals surface area contributed by atoms with Gasteiger partial charge in [0.05, 0.1) is 31.2 Å². The highest BCUT2D eigenvalue weighted by Gasteiger charge is 2.20. The molecular formula is C19H14N2O6S3. The smallest absolute Gasteiger partial charge is 0.293 e. The second-order valence-electron chi connectivity index (χ2n) is 6.33. The Morgan fingerprint density at radius 3 is 2.27 bits per heavy atom. The van der Waals surface area contributed by atoms with Crippen LogP contribution in [-0.4, -0.2) is 34.0 Å². The number of nitrogens with one attached hydrogen (secondary N) is 1. The van der Waals surface area contributed by atoms with Gasteiger partial charge in [-0.1, -0.05) is 11.3 Å². The van der Waals surface area contributed by atoms with Crippen LogP contribution in [0, 0.1) is 0 Å². The zero-order valence-electron chi connectivity index (χ0n) is 15.4. The molecule has 4 aromatic rings. The van der Waals surface area contributed by atoms with Gasteiger partial charge in [0.1, 0.15) is 0 Å². The Morgan fingerprint density at radius 2 is 1.63 bits per heavy atom. The van der Waals surface area contributed by atoms with E-state index in [4.69, 9.17) is 4.42 Å². The first-order valence-electron chi connectivity index (χ1n) is 8.45. The minimum Gasteiger partial charge on any atom is -0.459 e. The molecule has 154 valence electrons. The maximum Gasteiger partial charge on any atom is 0.293 e. The van der Waals surface area contributed by atoms with Crippen LogP contribution in [0.5, 0.6) is 0 Å². The van der Waals surface area contributed by atoms with E-state index < -0.39 is 25.6 Å². The van der Waals surface area contributed by atoms with Crippen molar-refractivity contribution < 1.29 is 26.0 Å². The van der Waals surface area contributed by atoms with Gasteiger partial charge in [-0.2, -0.15) is 0 Å². The lowest BCUT2D eigenvalue weighted by molar-refractivity contribution is 0.0996. The fraction of sp³-hybridized carbons (Fsp3) is 0.0526. The van der Waals surface area contributed by atoms with Crippen molar-refractivity contribution in [3.05, 3.63) is 66.6 Å². The molecule has 8 nitrogen and oxygen atoms in total. The van der Waals surface area contributed by atoms with Crippen molar-refractivity contribution in [2.24, 2.45) is 0 Å². The minimum absolute atomic E-state index is 0.0230. The molecule has 0 aliphatic rings. The molecule has 0 saturated heterocycles. The summed E-state index contributed by atoms with van der Waals surface area (Å²) in [6, 6.07) is 12.6. The molecule has 11 heteroatoms. The van der Waals surface area contributed by atoms with Crippen LogP contribution in [0.25, 0.3) is 10.2 Å². The van der Waals surface area contributed by atoms with Crippen LogP contribution >= 0.6 is 11.3 Å². The van der Waals surface area contributed by atoms with Gasteiger partial charge < -0.3 is 4.42 Å². The summed E-state index contributed by atoms with van der Waals surface area (Å²) in [7, 11) is -7.28. The van der Waals surface area contributed by atoms with Gasteiger partial charge in [0.2, 0.25) is 9.84 Å². The molecule has 0 radical (unpaired) electrons. The van der Waals surface area contributed by atoms with Gasteiger partial charge in [-0.05, 0) is 54.6 Å². The molecule has 1 N–H and O–H groups in total. The first kappa shape index (κ1) is 20.3. The molecule has 4 rings (SSSR count). The molecule has 1 amide bonds. The summed E-state index contributed by atoms with van der Waals surface area (Å²) in [5, 5.41) is 2.92. The number of fused-ring (bicyclic) bond motifs is 1. The zero-order chi connectivity index (χ0) is 21.5. The number of amides is 1. The minimum atomic E-state index is -3.86. The standard InChI is InChI=1S/C19H14N2O6S3/c1-29(23,24)12-4-6-13(7-5-12)30(25,26)14-8-9-15-17(11-14)28-19(20-15)21-18(22)16-3-2-10-27-16/h2-11H,1H3,(H,20,21,22). The fourth-order valence-corrected chi connectivity index (χ4v) is 5.59. The number of carbonyl (C=O) groups is 1. The van der Waals surface area contributed by atoms with Crippen molar-refractivity contribution in [2.75, 3.05) is 11.6 Å². The van der Waals surface area contributed by atoms with Crippen LogP contribution in [0.1, 0.15) is 10.6 Å². The lowest BCUT2D eigenvalue weighted by atomic mass is 10.3. The molecule has 0 bridgehead atoms. The Bertz CT molecular complexity index is 1450. The normalized spacial score (nSPS) is 12.2. The van der Waals surface area contributed by atoms with Crippen LogP contribution in [0.4, 0.5) is 5.13 Å². The fourth-order valence-electron chi connectivity index (χ4n) is 2.69. The summed E-state index contributed by atoms with van der Waals surface area (Å²) in [6.45, 7) is 0. The first-order chi connectivity index (χ1) is 14.1. The van der Waals surface area contributed by atoms with Crippen LogP contribution in [0.2, 0.25) is 0 Å². The highest BCUT2D eigenvalue weighted by Crippen LogP contribution is 2.31. The van der Waals surface area contributed by atoms with Crippen molar-refractivity contribution in [3.63, 3.8) is 0 Å². The van der Waals surface area contributed by atoms with Crippen molar-refractivity contribution >= 4 is 52.3 Å². The third kappa shape index (κ3) is 3.86. The van der Waals surface area contributed by atoms with Crippen LogP contribution < -0.4 is 5.32 Å². The van der Waals surface area contributed by atoms with E-state index >= 15 is 0 Å². The topological polar surface area (TPSA) is 123 Å². The van der Waals surface area contributed by atoms with Gasteiger partial charge in [0.15, 0.2) is 20.7 Å². The molecule has 0 saturated carbocycles. The molecule has 0 aliphatic carbocycles. The van der Waals surface area contributed by atoms with Crippen LogP contribution in [0.15, 0.2) is 80.0 Å². The molecule has 0 fully saturated rings. The van der Waals surface area contributed by atoms with Crippen molar-refractivity contribution in [3.8, 4) is 0 Å². The second kappa shape index (κ2) is 7.35. The first-order valence-corrected chi connectivity index (χ1v) is 12.6. The molecule has 0 atom stereocenters. The Kier molecular flexibility index (Phi) is 4.96. The van der Waals surface area contributed by atoms with E-state index in [9.17, 15) is 21.6 Å². The SMILES string of the molecule is CS(=O)(=O)c1ccc(S(=O)(=O)c2ccc3nc(NC(=O)c4ccco4)sc3c2)cc1. The second-order valence-corrected chi connectivity index (χ2v) is 11.3. The molecule has 0 spiro atoms. The van der Waals surface area contributed by atoms with E-state index in [-0.39, 0.29) is 20.4 Å². The summed E-state index contributed by atoms with van der Waals surface area (Å²) < 4.78 is 54.6. The number of sulfone groups is 2. The summed E-state index contributed by atoms with van der Waals surface area (Å²) in [5.41, 5.74) is 0.529. The lowest BCUT2D eigenvalue weighted by Crippen LogP contribution is -2.10. The zero-order valence-corrected chi connectivity index (χ0v) is 17.8. The monoisotopic (exact) mass is 462 g/mol. The number of aromatic nitrogens is 1. The Labute approximate surface area is 176 Å². The summed E-state index contributed by atoms with van der Waals surface area (Å²) in [4.78, 5) is 16.4. The summed E-state index contributed by atoms with van der Waals surface area (Å²) >= 11 is 1.13. The van der Waals surface area contributed by atoms with E-state index in [0.717, 1.165) is 17.6 Å². The number of anilines is 1. The maximum absolute atomic E-state index is 12.9. The number of thiazole rings is 1. The molecule has 2 heterocycles. The number of furan rings is 1. The van der Waals surface area contributed by atoms with E-state index in [1.165, 1.54) is 48.7 Å². The van der Waals surface area contributed by atoms with Gasteiger partial charge in [0.25, 0.3) is 5.91 Å². The molecule has 2 aromatic carbocycles. The Morgan fingerprint density at radius 1 is 0.967 bits per heavy atom. The highest BCUT2D eigenvalue weighted by atomic mass is 32.2. The third-order valence-corrected chi connectivity index (χ3v) is 8.03. The molecule has 30 heavy (non-hydrogen) atoms. The van der Waals surface area contributed by atoms with E-state index in [0.29, 0.717) is 15.3 Å². The Balaban J connectivity index is 1.65. The molecule has 0 unspecified atom stereocenters. The number of hydrogen-bond acceptors (Lipinski definition) is 8. The van der Waals surface area contributed by atoms with Crippen molar-refractivity contribution in [1.29, 1.82) is 0 Å². The largest absolute Gasteiger partial charge is 0.459 e. The predicted molar refractivity (Wildman–Crippen MR) is 111 cm³/mol. The number of rotatable bonds is 5. The number of hydrogen-bond donors (Lipinski definition) is 1. The van der Waals surface area contributed by atoms with Crippen molar-refractivity contribution in [2.45, 2.75) is 14.7 Å². The van der Waals surface area contributed by atoms with Crippen LogP contribution in [0.3, 0.4) is 0 Å². The molecular weight excluding hydrogens is 448 g/mol. The lowest BCUT2D eigenvalue weighted by Gasteiger charge is -2.05. The number of carbonyl (C=O) groups excluding carboxylic acids is 1. The third-order valence-electron chi connectivity index (χ3n) is 4.20. The average Bonchev–Trinajstić information content (AvgIpc) is 3.36. The van der Waals surface area contributed by atoms with Gasteiger partial charge in [-0.15, -0.1) is 0 Å². The summed E-state index contributed by atoms with van der Waals surface area (Å²) in [6.07, 6.45) is 2.43.